The largest absolute Gasteiger partial charge is 2.00 e. The molecule has 0 aliphatic rings. The second-order valence-corrected chi connectivity index (χ2v) is 0.500. The molecule has 0 aliphatic heterocycles. The zero-order chi connectivity index (χ0) is 2.71. The van der Waals surface area contributed by atoms with E-state index < -0.39 is 0 Å². The number of hydrogen-bond acceptors (Lipinski definition) is 0. The number of hydrogen-bond donors (Lipinski definition) is 0. The van der Waals surface area contributed by atoms with Crippen molar-refractivity contribution in [2.24, 2.45) is 0 Å². The topological polar surface area (TPSA) is 0 Å². The van der Waals surface area contributed by atoms with Gasteiger partial charge >= 0.3 is 37.7 Å². The van der Waals surface area contributed by atoms with Crippen LogP contribution in [0, 0.1) is 14.4 Å². The van der Waals surface area contributed by atoms with E-state index in [1.807, 2.05) is 6.92 Å². The smallest absolute Gasteiger partial charge is 0.358 e. The molecule has 0 N–H and O–H groups in total. The summed E-state index contributed by atoms with van der Waals surface area (Å²) in [4.78, 5) is 0. The molecule has 0 fully saturated rings. The van der Waals surface area contributed by atoms with Gasteiger partial charge in [0.05, 0.1) is 0 Å². The van der Waals surface area contributed by atoms with Crippen LogP contribution < -0.4 is 0 Å². The van der Waals surface area contributed by atoms with E-state index in [0.29, 0.717) is 0 Å². The second-order valence-electron chi connectivity index (χ2n) is 0.500. The minimum Gasteiger partial charge on any atom is -0.358 e. The molecule has 0 heterocycles. The van der Waals surface area contributed by atoms with Gasteiger partial charge < -0.3 is 14.4 Å². The third kappa shape index (κ3) is 35.2. The van der Waals surface area contributed by atoms with Crippen molar-refractivity contribution in [3.05, 3.63) is 14.4 Å². The van der Waals surface area contributed by atoms with Crippen LogP contribution in [0.3, 0.4) is 0 Å². The van der Waals surface area contributed by atoms with Crippen molar-refractivity contribution in [1.29, 1.82) is 0 Å². The van der Waals surface area contributed by atoms with Crippen LogP contribution in [0.5, 0.6) is 0 Å². The van der Waals surface area contributed by atoms with Crippen LogP contribution >= 0.6 is 0 Å². The van der Waals surface area contributed by atoms with Gasteiger partial charge in [-0.2, -0.15) is 6.42 Å². The Balaban J connectivity index is -0.0000000200. The first-order chi connectivity index (χ1) is 1.41. The van der Waals surface area contributed by atoms with E-state index in [9.17, 15) is 0 Å². The van der Waals surface area contributed by atoms with Gasteiger partial charge in [0.2, 0.25) is 0 Å². The molecule has 0 aliphatic carbocycles. The number of rotatable bonds is 0. The van der Waals surface area contributed by atoms with Gasteiger partial charge in [-0.3, -0.25) is 0 Å². The first-order valence-corrected chi connectivity index (χ1v) is 1.21. The van der Waals surface area contributed by atoms with Crippen molar-refractivity contribution in [2.45, 2.75) is 13.3 Å². The van der Waals surface area contributed by atoms with Crippen molar-refractivity contribution in [3.8, 4) is 0 Å². The molecule has 0 saturated heterocycles. The van der Waals surface area contributed by atoms with Crippen LogP contribution in [-0.2, 0) is 0 Å². The molecule has 0 atom stereocenters. The standard InChI is InChI=1S/C3H7.CH3.Ca/c1-3-2;;/h1,3H2,2H3;1H3;/q2*-1;+2. The second kappa shape index (κ2) is 18.7. The van der Waals surface area contributed by atoms with E-state index >= 15 is 0 Å². The molecule has 28 valence electrons. The predicted octanol–water partition coefficient (Wildman–Crippen LogP) is 1.30. The summed E-state index contributed by atoms with van der Waals surface area (Å²) >= 11 is 0. The van der Waals surface area contributed by atoms with Gasteiger partial charge in [-0.1, -0.05) is 6.92 Å². The van der Waals surface area contributed by atoms with Crippen LogP contribution in [0.1, 0.15) is 13.3 Å². The molecule has 0 spiro atoms. The Morgan fingerprint density at radius 3 is 1.60 bits per heavy atom. The molecule has 0 saturated carbocycles. The van der Waals surface area contributed by atoms with Gasteiger partial charge in [0, 0.05) is 0 Å². The maximum Gasteiger partial charge on any atom is 2.00 e. The molecule has 0 nitrogen and oxygen atoms in total. The molecular formula is C4H10Ca. The van der Waals surface area contributed by atoms with E-state index in [-0.39, 0.29) is 45.2 Å². The van der Waals surface area contributed by atoms with Crippen LogP contribution in [0.15, 0.2) is 0 Å². The van der Waals surface area contributed by atoms with Crippen LogP contribution in [0.2, 0.25) is 0 Å². The zero-order valence-corrected chi connectivity index (χ0v) is 6.33. The Bertz CT molecular complexity index is 3.61. The molecule has 5 heavy (non-hydrogen) atoms. The Morgan fingerprint density at radius 2 is 1.60 bits per heavy atom. The van der Waals surface area contributed by atoms with Gasteiger partial charge in [0.1, 0.15) is 0 Å². The minimum absolute atomic E-state index is 0. The summed E-state index contributed by atoms with van der Waals surface area (Å²) in [5.74, 6) is 0. The fourth-order valence-electron chi connectivity index (χ4n) is 0. The molecule has 0 unspecified atom stereocenters. The summed E-state index contributed by atoms with van der Waals surface area (Å²) in [5.41, 5.74) is 0. The maximum absolute atomic E-state index is 3.49. The summed E-state index contributed by atoms with van der Waals surface area (Å²) in [6.07, 6.45) is 1.00. The molecule has 0 aromatic carbocycles. The van der Waals surface area contributed by atoms with Gasteiger partial charge in [0.25, 0.3) is 0 Å². The summed E-state index contributed by atoms with van der Waals surface area (Å²) in [7, 11) is 0. The third-order valence-corrected chi connectivity index (χ3v) is 0. The summed E-state index contributed by atoms with van der Waals surface area (Å²) in [6.45, 7) is 5.50. The van der Waals surface area contributed by atoms with Gasteiger partial charge in [-0.15, -0.1) is 0 Å². The van der Waals surface area contributed by atoms with E-state index in [2.05, 4.69) is 6.92 Å². The Morgan fingerprint density at radius 1 is 1.60 bits per heavy atom. The van der Waals surface area contributed by atoms with Crippen molar-refractivity contribution in [2.75, 3.05) is 0 Å². The average Bonchev–Trinajstić information content (AvgIpc) is 0.918. The van der Waals surface area contributed by atoms with Crippen molar-refractivity contribution < 1.29 is 0 Å². The molecule has 1 heteroatoms. The van der Waals surface area contributed by atoms with Crippen LogP contribution in [0.25, 0.3) is 0 Å². The first-order valence-electron chi connectivity index (χ1n) is 1.21. The van der Waals surface area contributed by atoms with Gasteiger partial charge in [-0.25, -0.2) is 0 Å². The maximum atomic E-state index is 3.49. The Kier molecular flexibility index (Phi) is 60.9. The molecule has 0 aromatic rings. The van der Waals surface area contributed by atoms with E-state index in [1.54, 1.807) is 0 Å². The fourth-order valence-corrected chi connectivity index (χ4v) is 0. The third-order valence-electron chi connectivity index (χ3n) is 0. The average molecular weight is 98.2 g/mol. The molecular weight excluding hydrogens is 88.1 g/mol. The molecule has 0 aromatic heterocycles. The molecule has 0 radical (unpaired) electrons. The van der Waals surface area contributed by atoms with Crippen molar-refractivity contribution >= 4 is 37.7 Å². The first kappa shape index (κ1) is 16.3. The Hall–Kier alpha value is 1.26. The quantitative estimate of drug-likeness (QED) is 0.316. The molecule has 0 rings (SSSR count). The van der Waals surface area contributed by atoms with Crippen molar-refractivity contribution in [1.82, 2.24) is 0 Å². The van der Waals surface area contributed by atoms with Gasteiger partial charge in [-0.05, 0) is 0 Å². The van der Waals surface area contributed by atoms with Gasteiger partial charge in [0.15, 0.2) is 0 Å². The van der Waals surface area contributed by atoms with E-state index in [0.717, 1.165) is 6.42 Å². The normalized spacial score (nSPS) is 3.60. The SMILES string of the molecule is [CH2-]CC.[CH3-].[Ca+2]. The zero-order valence-electron chi connectivity index (χ0n) is 4.12. The summed E-state index contributed by atoms with van der Waals surface area (Å²) in [6, 6.07) is 0. The monoisotopic (exact) mass is 98.0 g/mol. The summed E-state index contributed by atoms with van der Waals surface area (Å²) in [5, 5.41) is 0. The van der Waals surface area contributed by atoms with Crippen LogP contribution in [-0.4, -0.2) is 37.7 Å². The Labute approximate surface area is 65.0 Å². The summed E-state index contributed by atoms with van der Waals surface area (Å²) < 4.78 is 0. The van der Waals surface area contributed by atoms with Crippen molar-refractivity contribution in [3.63, 3.8) is 0 Å². The van der Waals surface area contributed by atoms with E-state index in [4.69, 9.17) is 0 Å². The predicted molar refractivity (Wildman–Crippen MR) is 27.8 cm³/mol. The van der Waals surface area contributed by atoms with Crippen LogP contribution in [0.4, 0.5) is 0 Å². The fraction of sp³-hybridized carbons (Fsp3) is 0.500. The molecule has 0 bridgehead atoms. The minimum atomic E-state index is 0. The molecule has 0 amide bonds. The van der Waals surface area contributed by atoms with E-state index in [1.165, 1.54) is 0 Å².